The van der Waals surface area contributed by atoms with Gasteiger partial charge in [0.25, 0.3) is 0 Å². The van der Waals surface area contributed by atoms with Crippen LogP contribution in [0.2, 0.25) is 0 Å². The highest BCUT2D eigenvalue weighted by Crippen LogP contribution is 2.29. The van der Waals surface area contributed by atoms with Crippen LogP contribution in [0.3, 0.4) is 0 Å². The first-order valence-electron chi connectivity index (χ1n) is 9.22. The van der Waals surface area contributed by atoms with Crippen LogP contribution in [0.25, 0.3) is 0 Å². The number of anilines is 1. The number of nitriles is 1. The molecule has 2 aliphatic heterocycles. The fraction of sp³-hybridized carbons (Fsp3) is 0.421. The fourth-order valence-electron chi connectivity index (χ4n) is 3.65. The van der Waals surface area contributed by atoms with Crippen molar-refractivity contribution in [2.45, 2.75) is 19.1 Å². The molecule has 29 heavy (non-hydrogen) atoms. The molecular weight excluding hydrogens is 382 g/mol. The number of carbonyl (C=O) groups excluding carboxylic acids is 1. The summed E-state index contributed by atoms with van der Waals surface area (Å²) in [5.74, 6) is -0.977. The van der Waals surface area contributed by atoms with E-state index in [0.29, 0.717) is 36.4 Å². The van der Waals surface area contributed by atoms with Crippen LogP contribution in [0.1, 0.15) is 17.5 Å². The number of carbonyl (C=O) groups is 1. The van der Waals surface area contributed by atoms with E-state index in [4.69, 9.17) is 4.74 Å². The summed E-state index contributed by atoms with van der Waals surface area (Å²) in [4.78, 5) is 27.9. The Morgan fingerprint density at radius 2 is 2.03 bits per heavy atom. The molecular formula is C19H18F2N6O2. The number of halogens is 2. The molecule has 0 aromatic carbocycles. The van der Waals surface area contributed by atoms with Gasteiger partial charge in [0, 0.05) is 24.5 Å². The summed E-state index contributed by atoms with van der Waals surface area (Å²) in [6.07, 6.45) is 3.93. The van der Waals surface area contributed by atoms with E-state index in [9.17, 15) is 18.8 Å². The quantitative estimate of drug-likeness (QED) is 0.753. The second-order valence-electron chi connectivity index (χ2n) is 6.95. The number of amides is 1. The van der Waals surface area contributed by atoms with Crippen LogP contribution in [-0.4, -0.2) is 58.2 Å². The van der Waals surface area contributed by atoms with Gasteiger partial charge in [-0.1, -0.05) is 0 Å². The van der Waals surface area contributed by atoms with Gasteiger partial charge in [0.05, 0.1) is 37.9 Å². The number of hydrogen-bond donors (Lipinski definition) is 0. The van der Waals surface area contributed by atoms with Crippen molar-refractivity contribution in [2.24, 2.45) is 5.92 Å². The number of ether oxygens (including phenoxy) is 1. The Morgan fingerprint density at radius 3 is 2.76 bits per heavy atom. The van der Waals surface area contributed by atoms with Crippen molar-refractivity contribution in [2.75, 3.05) is 31.1 Å². The van der Waals surface area contributed by atoms with Crippen LogP contribution in [0.4, 0.5) is 14.7 Å². The smallest absolute Gasteiger partial charge is 0.229 e. The van der Waals surface area contributed by atoms with E-state index in [0.717, 1.165) is 12.4 Å². The zero-order chi connectivity index (χ0) is 20.4. The number of alkyl halides is 1. The Morgan fingerprint density at radius 1 is 1.24 bits per heavy atom. The molecule has 2 aromatic rings. The van der Waals surface area contributed by atoms with E-state index in [-0.39, 0.29) is 31.6 Å². The molecule has 2 aliphatic rings. The molecule has 0 radical (unpaired) electrons. The molecule has 0 aliphatic carbocycles. The standard InChI is InChI=1S/C19H18F2N6O2/c20-14-8-24-19(25-9-14)27-2-1-15(16(21)11-27)18(28)26-3-4-29-17-12(5-22)6-23-7-13(17)10-26/h6-9,15-16H,1-4,10-11H2/t15-,16+/m1/s1. The second kappa shape index (κ2) is 7.95. The molecule has 1 fully saturated rings. The Bertz CT molecular complexity index is 949. The molecule has 1 amide bonds. The average Bonchev–Trinajstić information content (AvgIpc) is 2.96. The monoisotopic (exact) mass is 400 g/mol. The van der Waals surface area contributed by atoms with Gasteiger partial charge in [0.1, 0.15) is 30.2 Å². The molecule has 150 valence electrons. The summed E-state index contributed by atoms with van der Waals surface area (Å²) < 4.78 is 33.5. The SMILES string of the molecule is N#Cc1cncc2c1OCCN(C(=O)[C@@H]1CCN(c3ncc(F)cn3)C[C@@H]1F)C2. The fourth-order valence-corrected chi connectivity index (χ4v) is 3.65. The highest BCUT2D eigenvalue weighted by atomic mass is 19.1. The van der Waals surface area contributed by atoms with E-state index in [1.807, 2.05) is 6.07 Å². The minimum Gasteiger partial charge on any atom is -0.490 e. The average molecular weight is 400 g/mol. The van der Waals surface area contributed by atoms with Crippen molar-refractivity contribution in [1.82, 2.24) is 19.9 Å². The topological polar surface area (TPSA) is 95.2 Å². The minimum absolute atomic E-state index is 0.0386. The van der Waals surface area contributed by atoms with E-state index in [1.165, 1.54) is 6.20 Å². The van der Waals surface area contributed by atoms with Gasteiger partial charge in [-0.2, -0.15) is 5.26 Å². The lowest BCUT2D eigenvalue weighted by Gasteiger charge is -2.36. The third kappa shape index (κ3) is 3.81. The maximum absolute atomic E-state index is 14.9. The summed E-state index contributed by atoms with van der Waals surface area (Å²) in [6, 6.07) is 2.03. The van der Waals surface area contributed by atoms with Gasteiger partial charge in [-0.15, -0.1) is 0 Å². The van der Waals surface area contributed by atoms with Crippen LogP contribution in [0.5, 0.6) is 5.75 Å². The van der Waals surface area contributed by atoms with Crippen molar-refractivity contribution in [3.63, 3.8) is 0 Å². The molecule has 0 spiro atoms. The van der Waals surface area contributed by atoms with Gasteiger partial charge in [-0.25, -0.2) is 18.7 Å². The maximum Gasteiger partial charge on any atom is 0.229 e. The molecule has 0 N–H and O–H groups in total. The molecule has 0 bridgehead atoms. The van der Waals surface area contributed by atoms with E-state index in [2.05, 4.69) is 15.0 Å². The van der Waals surface area contributed by atoms with Crippen LogP contribution in [0.15, 0.2) is 24.8 Å². The molecule has 4 rings (SSSR count). The normalized spacial score (nSPS) is 21.6. The van der Waals surface area contributed by atoms with Crippen LogP contribution < -0.4 is 9.64 Å². The number of pyridine rings is 1. The Hall–Kier alpha value is -3.35. The Kier molecular flexibility index (Phi) is 5.20. The first-order chi connectivity index (χ1) is 14.1. The van der Waals surface area contributed by atoms with Crippen molar-refractivity contribution in [3.8, 4) is 11.8 Å². The van der Waals surface area contributed by atoms with Gasteiger partial charge in [-0.3, -0.25) is 9.78 Å². The van der Waals surface area contributed by atoms with Crippen molar-refractivity contribution in [3.05, 3.63) is 41.7 Å². The molecule has 2 aromatic heterocycles. The third-order valence-corrected chi connectivity index (χ3v) is 5.12. The minimum atomic E-state index is -1.41. The maximum atomic E-state index is 14.9. The largest absolute Gasteiger partial charge is 0.490 e. The van der Waals surface area contributed by atoms with Crippen LogP contribution >= 0.6 is 0 Å². The number of hydrogen-bond acceptors (Lipinski definition) is 7. The van der Waals surface area contributed by atoms with Crippen molar-refractivity contribution >= 4 is 11.9 Å². The summed E-state index contributed by atoms with van der Waals surface area (Å²) in [5, 5.41) is 9.20. The number of fused-ring (bicyclic) bond motifs is 1. The van der Waals surface area contributed by atoms with Gasteiger partial charge < -0.3 is 14.5 Å². The van der Waals surface area contributed by atoms with E-state index in [1.54, 1.807) is 16.0 Å². The number of aromatic nitrogens is 3. The molecule has 2 atom stereocenters. The van der Waals surface area contributed by atoms with Gasteiger partial charge in [-0.05, 0) is 6.42 Å². The molecule has 0 saturated carbocycles. The lowest BCUT2D eigenvalue weighted by atomic mass is 9.93. The number of nitrogens with zero attached hydrogens (tertiary/aromatic N) is 6. The summed E-state index contributed by atoms with van der Waals surface area (Å²) >= 11 is 0. The lowest BCUT2D eigenvalue weighted by Crippen LogP contribution is -2.49. The first-order valence-corrected chi connectivity index (χ1v) is 9.22. The third-order valence-electron chi connectivity index (χ3n) is 5.12. The summed E-state index contributed by atoms with van der Waals surface area (Å²) in [6.45, 7) is 1.08. The molecule has 4 heterocycles. The van der Waals surface area contributed by atoms with Gasteiger partial charge in [0.2, 0.25) is 11.9 Å². The summed E-state index contributed by atoms with van der Waals surface area (Å²) in [5.41, 5.74) is 0.940. The molecule has 8 nitrogen and oxygen atoms in total. The molecule has 1 saturated heterocycles. The first kappa shape index (κ1) is 19.0. The van der Waals surface area contributed by atoms with Gasteiger partial charge in [0.15, 0.2) is 5.82 Å². The zero-order valence-electron chi connectivity index (χ0n) is 15.5. The highest BCUT2D eigenvalue weighted by molar-refractivity contribution is 5.80. The van der Waals surface area contributed by atoms with E-state index >= 15 is 0 Å². The van der Waals surface area contributed by atoms with Crippen LogP contribution in [-0.2, 0) is 11.3 Å². The molecule has 10 heteroatoms. The predicted octanol–water partition coefficient (Wildman–Crippen LogP) is 1.47. The number of piperidine rings is 1. The van der Waals surface area contributed by atoms with Crippen LogP contribution in [0, 0.1) is 23.1 Å². The Labute approximate surface area is 165 Å². The highest BCUT2D eigenvalue weighted by Gasteiger charge is 2.38. The number of rotatable bonds is 2. The Balaban J connectivity index is 1.46. The van der Waals surface area contributed by atoms with Crippen molar-refractivity contribution in [1.29, 1.82) is 5.26 Å². The predicted molar refractivity (Wildman–Crippen MR) is 97.1 cm³/mol. The van der Waals surface area contributed by atoms with Crippen molar-refractivity contribution < 1.29 is 18.3 Å². The lowest BCUT2D eigenvalue weighted by molar-refractivity contribution is -0.139. The van der Waals surface area contributed by atoms with Gasteiger partial charge >= 0.3 is 0 Å². The zero-order valence-corrected chi connectivity index (χ0v) is 15.5. The second-order valence-corrected chi connectivity index (χ2v) is 6.95. The summed E-state index contributed by atoms with van der Waals surface area (Å²) in [7, 11) is 0. The van der Waals surface area contributed by atoms with E-state index < -0.39 is 17.9 Å². The molecule has 0 unspecified atom stereocenters.